The fourth-order valence-electron chi connectivity index (χ4n) is 3.98. The van der Waals surface area contributed by atoms with Crippen molar-refractivity contribution in [1.29, 1.82) is 0 Å². The van der Waals surface area contributed by atoms with Crippen LogP contribution in [0, 0.1) is 11.7 Å². The number of ether oxygens (including phenoxy) is 1. The second-order valence-corrected chi connectivity index (χ2v) is 7.42. The van der Waals surface area contributed by atoms with E-state index in [-0.39, 0.29) is 23.4 Å². The summed E-state index contributed by atoms with van der Waals surface area (Å²) < 4.78 is 19.3. The van der Waals surface area contributed by atoms with Gasteiger partial charge < -0.3 is 15.0 Å². The van der Waals surface area contributed by atoms with E-state index >= 15 is 0 Å². The Hall–Kier alpha value is -3.41. The van der Waals surface area contributed by atoms with Gasteiger partial charge in [0.15, 0.2) is 0 Å². The third-order valence-corrected chi connectivity index (χ3v) is 5.55. The molecule has 1 atom stereocenters. The molecule has 154 valence electrons. The lowest BCUT2D eigenvalue weighted by molar-refractivity contribution is -0.121. The zero-order chi connectivity index (χ0) is 21.1. The number of likely N-dealkylation sites (tertiary alicyclic amines) is 1. The number of benzene rings is 3. The number of methoxy groups -OCH3 is 1. The first kappa shape index (κ1) is 19.9. The third kappa shape index (κ3) is 3.85. The van der Waals surface area contributed by atoms with Gasteiger partial charge in [-0.3, -0.25) is 9.59 Å². The average molecular weight is 406 g/mol. The highest BCUT2D eigenvalue weighted by atomic mass is 19.1. The van der Waals surface area contributed by atoms with E-state index in [1.807, 2.05) is 24.3 Å². The molecule has 1 aliphatic heterocycles. The second-order valence-electron chi connectivity index (χ2n) is 7.42. The van der Waals surface area contributed by atoms with Crippen molar-refractivity contribution in [2.24, 2.45) is 5.92 Å². The number of hydrogen-bond acceptors (Lipinski definition) is 3. The van der Waals surface area contributed by atoms with E-state index < -0.39 is 5.82 Å². The normalized spacial score (nSPS) is 16.3. The molecule has 0 bridgehead atoms. The molecule has 5 nitrogen and oxygen atoms in total. The Morgan fingerprint density at radius 2 is 1.77 bits per heavy atom. The fraction of sp³-hybridized carbons (Fsp3) is 0.250. The molecular formula is C24H23FN2O3. The van der Waals surface area contributed by atoms with E-state index in [2.05, 4.69) is 5.32 Å². The number of para-hydroxylation sites is 1. The summed E-state index contributed by atoms with van der Waals surface area (Å²) >= 11 is 0. The third-order valence-electron chi connectivity index (χ3n) is 5.55. The topological polar surface area (TPSA) is 58.6 Å². The van der Waals surface area contributed by atoms with Gasteiger partial charge in [-0.25, -0.2) is 4.39 Å². The van der Waals surface area contributed by atoms with Crippen LogP contribution in [0.3, 0.4) is 0 Å². The van der Waals surface area contributed by atoms with Crippen LogP contribution in [0.2, 0.25) is 0 Å². The van der Waals surface area contributed by atoms with Crippen molar-refractivity contribution >= 4 is 28.3 Å². The van der Waals surface area contributed by atoms with Crippen LogP contribution in [0.4, 0.5) is 10.1 Å². The molecule has 1 saturated heterocycles. The van der Waals surface area contributed by atoms with Gasteiger partial charge >= 0.3 is 0 Å². The van der Waals surface area contributed by atoms with Crippen molar-refractivity contribution in [1.82, 2.24) is 4.90 Å². The second kappa shape index (κ2) is 8.53. The first-order valence-electron chi connectivity index (χ1n) is 9.99. The largest absolute Gasteiger partial charge is 0.496 e. The Bertz CT molecular complexity index is 1100. The van der Waals surface area contributed by atoms with E-state index in [4.69, 9.17) is 4.74 Å². The summed E-state index contributed by atoms with van der Waals surface area (Å²) in [5, 5.41) is 4.35. The number of nitrogens with one attached hydrogen (secondary N) is 1. The van der Waals surface area contributed by atoms with Crippen LogP contribution >= 0.6 is 0 Å². The number of nitrogens with zero attached hydrogens (tertiary/aromatic N) is 1. The van der Waals surface area contributed by atoms with Crippen LogP contribution in [-0.2, 0) is 4.79 Å². The van der Waals surface area contributed by atoms with E-state index in [1.54, 1.807) is 36.3 Å². The Balaban J connectivity index is 1.54. The number of piperidine rings is 1. The van der Waals surface area contributed by atoms with Crippen molar-refractivity contribution in [2.45, 2.75) is 12.8 Å². The van der Waals surface area contributed by atoms with Gasteiger partial charge in [-0.15, -0.1) is 0 Å². The van der Waals surface area contributed by atoms with Gasteiger partial charge in [-0.2, -0.15) is 0 Å². The first-order valence-corrected chi connectivity index (χ1v) is 9.99. The smallest absolute Gasteiger partial charge is 0.254 e. The van der Waals surface area contributed by atoms with Crippen LogP contribution in [0.1, 0.15) is 23.2 Å². The SMILES string of the molecule is COc1ccc(C(=O)N2CCCC(C(=O)Nc3ccccc3F)C2)c2ccccc12. The summed E-state index contributed by atoms with van der Waals surface area (Å²) in [6.45, 7) is 0.891. The standard InChI is InChI=1S/C24H23FN2O3/c1-30-22-13-12-19(17-8-2-3-9-18(17)22)24(29)27-14-6-7-16(15-27)23(28)26-21-11-5-4-10-20(21)25/h2-5,8-13,16H,6-7,14-15H2,1H3,(H,26,28). The maximum atomic E-state index is 13.9. The molecule has 1 unspecified atom stereocenters. The highest BCUT2D eigenvalue weighted by Crippen LogP contribution is 2.30. The van der Waals surface area contributed by atoms with E-state index in [0.717, 1.165) is 17.2 Å². The summed E-state index contributed by atoms with van der Waals surface area (Å²) in [6.07, 6.45) is 1.38. The van der Waals surface area contributed by atoms with Gasteiger partial charge in [0.05, 0.1) is 18.7 Å². The van der Waals surface area contributed by atoms with Crippen molar-refractivity contribution < 1.29 is 18.7 Å². The zero-order valence-electron chi connectivity index (χ0n) is 16.7. The molecule has 1 heterocycles. The minimum Gasteiger partial charge on any atom is -0.496 e. The van der Waals surface area contributed by atoms with Gasteiger partial charge in [0.25, 0.3) is 5.91 Å². The number of amides is 2. The molecule has 0 aliphatic carbocycles. The molecule has 1 N–H and O–H groups in total. The lowest BCUT2D eigenvalue weighted by Crippen LogP contribution is -2.43. The van der Waals surface area contributed by atoms with Gasteiger partial charge in [0, 0.05) is 24.0 Å². The zero-order valence-corrected chi connectivity index (χ0v) is 16.7. The Labute approximate surface area is 174 Å². The predicted octanol–water partition coefficient (Wildman–Crippen LogP) is 4.48. The molecule has 3 aromatic rings. The molecule has 1 fully saturated rings. The van der Waals surface area contributed by atoms with Crippen LogP contribution in [0.5, 0.6) is 5.75 Å². The summed E-state index contributed by atoms with van der Waals surface area (Å²) in [5.41, 5.74) is 0.744. The summed E-state index contributed by atoms with van der Waals surface area (Å²) in [7, 11) is 1.60. The lowest BCUT2D eigenvalue weighted by atomic mass is 9.95. The molecule has 4 rings (SSSR count). The van der Waals surface area contributed by atoms with E-state index in [9.17, 15) is 14.0 Å². The minimum atomic E-state index is -0.473. The molecule has 6 heteroatoms. The van der Waals surface area contributed by atoms with Gasteiger partial charge in [0.1, 0.15) is 11.6 Å². The maximum Gasteiger partial charge on any atom is 0.254 e. The number of carbonyl (C=O) groups excluding carboxylic acids is 2. The molecule has 0 aromatic heterocycles. The minimum absolute atomic E-state index is 0.114. The van der Waals surface area contributed by atoms with Crippen molar-refractivity contribution in [3.05, 3.63) is 72.0 Å². The number of hydrogen-bond donors (Lipinski definition) is 1. The lowest BCUT2D eigenvalue weighted by Gasteiger charge is -2.32. The molecular weight excluding hydrogens is 383 g/mol. The van der Waals surface area contributed by atoms with Crippen LogP contribution in [0.15, 0.2) is 60.7 Å². The van der Waals surface area contributed by atoms with Crippen molar-refractivity contribution in [3.8, 4) is 5.75 Å². The summed E-state index contributed by atoms with van der Waals surface area (Å²) in [4.78, 5) is 27.7. The van der Waals surface area contributed by atoms with Gasteiger partial charge in [-0.05, 0) is 42.5 Å². The highest BCUT2D eigenvalue weighted by Gasteiger charge is 2.30. The quantitative estimate of drug-likeness (QED) is 0.695. The number of carbonyl (C=O) groups is 2. The Morgan fingerprint density at radius 3 is 2.53 bits per heavy atom. The number of anilines is 1. The first-order chi connectivity index (χ1) is 14.6. The molecule has 1 aliphatic rings. The monoisotopic (exact) mass is 406 g/mol. The van der Waals surface area contributed by atoms with Gasteiger partial charge in [0.2, 0.25) is 5.91 Å². The van der Waals surface area contributed by atoms with Gasteiger partial charge in [-0.1, -0.05) is 36.4 Å². The molecule has 0 saturated carbocycles. The molecule has 2 amide bonds. The van der Waals surface area contributed by atoms with Crippen LogP contribution in [0.25, 0.3) is 10.8 Å². The number of rotatable bonds is 4. The predicted molar refractivity (Wildman–Crippen MR) is 114 cm³/mol. The molecule has 0 radical (unpaired) electrons. The number of fused-ring (bicyclic) bond motifs is 1. The fourth-order valence-corrected chi connectivity index (χ4v) is 3.98. The summed E-state index contributed by atoms with van der Waals surface area (Å²) in [5.74, 6) is -0.525. The van der Waals surface area contributed by atoms with E-state index in [0.29, 0.717) is 30.8 Å². The van der Waals surface area contributed by atoms with Crippen molar-refractivity contribution in [2.75, 3.05) is 25.5 Å². The molecule has 30 heavy (non-hydrogen) atoms. The van der Waals surface area contributed by atoms with E-state index in [1.165, 1.54) is 12.1 Å². The number of halogens is 1. The van der Waals surface area contributed by atoms with Crippen LogP contribution < -0.4 is 10.1 Å². The Morgan fingerprint density at radius 1 is 1.03 bits per heavy atom. The highest BCUT2D eigenvalue weighted by molar-refractivity contribution is 6.08. The maximum absolute atomic E-state index is 13.9. The molecule has 0 spiro atoms. The van der Waals surface area contributed by atoms with Crippen LogP contribution in [-0.4, -0.2) is 36.9 Å². The Kier molecular flexibility index (Phi) is 5.65. The van der Waals surface area contributed by atoms with Crippen molar-refractivity contribution in [3.63, 3.8) is 0 Å². The molecule has 3 aromatic carbocycles. The summed E-state index contributed by atoms with van der Waals surface area (Å²) in [6, 6.07) is 17.3. The average Bonchev–Trinajstić information content (AvgIpc) is 2.79.